The molecule has 1 atom stereocenters. The first-order valence-corrected chi connectivity index (χ1v) is 7.01. The van der Waals surface area contributed by atoms with Gasteiger partial charge in [0.2, 0.25) is 0 Å². The zero-order valence-electron chi connectivity index (χ0n) is 12.3. The zero-order valence-corrected chi connectivity index (χ0v) is 12.3. The topological polar surface area (TPSA) is 59.1 Å². The second kappa shape index (κ2) is 5.74. The van der Waals surface area contributed by atoms with Crippen LogP contribution >= 0.6 is 0 Å². The minimum Gasteiger partial charge on any atom is -0.374 e. The van der Waals surface area contributed by atoms with Crippen molar-refractivity contribution in [2.75, 3.05) is 23.8 Å². The summed E-state index contributed by atoms with van der Waals surface area (Å²) in [5, 5.41) is 6.71. The Bertz CT molecular complexity index is 433. The minimum atomic E-state index is 0.378. The summed E-state index contributed by atoms with van der Waals surface area (Å²) in [6.45, 7) is 10.5. The largest absolute Gasteiger partial charge is 0.374 e. The standard InChI is InChI=1S/C14H24N4O/c1-5-15-11-7-12(16-10-8-14(10,3)4)18-13(17-11)9-19-6-2/h7,10H,5-6,8-9H2,1-4H3,(H2,15,16,17,18). The van der Waals surface area contributed by atoms with Crippen LogP contribution in [0.25, 0.3) is 0 Å². The summed E-state index contributed by atoms with van der Waals surface area (Å²) in [7, 11) is 0. The van der Waals surface area contributed by atoms with Crippen LogP contribution in [0.4, 0.5) is 11.6 Å². The summed E-state index contributed by atoms with van der Waals surface area (Å²) in [6, 6.07) is 2.48. The number of nitrogens with zero attached hydrogens (tertiary/aromatic N) is 2. The number of ether oxygens (including phenoxy) is 1. The van der Waals surface area contributed by atoms with Crippen molar-refractivity contribution < 1.29 is 4.74 Å². The van der Waals surface area contributed by atoms with E-state index in [1.54, 1.807) is 0 Å². The first-order valence-electron chi connectivity index (χ1n) is 7.01. The number of aromatic nitrogens is 2. The van der Waals surface area contributed by atoms with E-state index in [1.807, 2.05) is 13.0 Å². The average molecular weight is 264 g/mol. The lowest BCUT2D eigenvalue weighted by Crippen LogP contribution is -2.13. The summed E-state index contributed by atoms with van der Waals surface area (Å²) in [4.78, 5) is 8.95. The number of anilines is 2. The van der Waals surface area contributed by atoms with E-state index < -0.39 is 0 Å². The fraction of sp³-hybridized carbons (Fsp3) is 0.714. The molecule has 0 radical (unpaired) electrons. The number of nitrogens with one attached hydrogen (secondary N) is 2. The molecular formula is C14H24N4O. The van der Waals surface area contributed by atoms with Crippen molar-refractivity contribution in [3.63, 3.8) is 0 Å². The average Bonchev–Trinajstić information content (AvgIpc) is 2.94. The quantitative estimate of drug-likeness (QED) is 0.793. The van der Waals surface area contributed by atoms with E-state index in [4.69, 9.17) is 4.74 Å². The van der Waals surface area contributed by atoms with Gasteiger partial charge >= 0.3 is 0 Å². The van der Waals surface area contributed by atoms with Gasteiger partial charge in [0.25, 0.3) is 0 Å². The highest BCUT2D eigenvalue weighted by Crippen LogP contribution is 2.46. The van der Waals surface area contributed by atoms with Crippen LogP contribution in [0.2, 0.25) is 0 Å². The van der Waals surface area contributed by atoms with Gasteiger partial charge in [0, 0.05) is 25.3 Å². The van der Waals surface area contributed by atoms with Gasteiger partial charge < -0.3 is 15.4 Å². The maximum atomic E-state index is 5.39. The lowest BCUT2D eigenvalue weighted by molar-refractivity contribution is 0.128. The highest BCUT2D eigenvalue weighted by Gasteiger charge is 2.45. The molecule has 1 aliphatic rings. The molecule has 2 rings (SSSR count). The van der Waals surface area contributed by atoms with Gasteiger partial charge in [-0.2, -0.15) is 0 Å². The molecule has 1 aromatic rings. The first kappa shape index (κ1) is 14.1. The molecule has 0 aromatic carbocycles. The molecule has 5 nitrogen and oxygen atoms in total. The lowest BCUT2D eigenvalue weighted by Gasteiger charge is -2.11. The van der Waals surface area contributed by atoms with Crippen molar-refractivity contribution in [1.82, 2.24) is 9.97 Å². The molecule has 0 aliphatic heterocycles. The van der Waals surface area contributed by atoms with E-state index in [-0.39, 0.29) is 0 Å². The number of rotatable bonds is 7. The van der Waals surface area contributed by atoms with Gasteiger partial charge in [0.15, 0.2) is 5.82 Å². The Balaban J connectivity index is 2.09. The van der Waals surface area contributed by atoms with E-state index in [0.29, 0.717) is 24.7 Å². The smallest absolute Gasteiger partial charge is 0.158 e. The summed E-state index contributed by atoms with van der Waals surface area (Å²) in [5.74, 6) is 2.46. The Kier molecular flexibility index (Phi) is 4.24. The van der Waals surface area contributed by atoms with Gasteiger partial charge in [-0.3, -0.25) is 0 Å². The van der Waals surface area contributed by atoms with Gasteiger partial charge in [-0.05, 0) is 25.7 Å². The molecule has 1 saturated carbocycles. The normalized spacial score (nSPS) is 20.1. The molecule has 1 aliphatic carbocycles. The van der Waals surface area contributed by atoms with Gasteiger partial charge in [-0.15, -0.1) is 0 Å². The summed E-state index contributed by atoms with van der Waals surface area (Å²) in [5.41, 5.74) is 0.378. The second-order valence-corrected chi connectivity index (χ2v) is 5.61. The van der Waals surface area contributed by atoms with Crippen molar-refractivity contribution in [3.8, 4) is 0 Å². The van der Waals surface area contributed by atoms with Gasteiger partial charge in [-0.25, -0.2) is 9.97 Å². The van der Waals surface area contributed by atoms with Gasteiger partial charge in [0.05, 0.1) is 0 Å². The molecule has 2 N–H and O–H groups in total. The third-order valence-corrected chi connectivity index (χ3v) is 3.40. The molecule has 5 heteroatoms. The van der Waals surface area contributed by atoms with Crippen LogP contribution in [0.3, 0.4) is 0 Å². The molecule has 0 bridgehead atoms. The third kappa shape index (κ3) is 3.80. The summed E-state index contributed by atoms with van der Waals surface area (Å²) in [6.07, 6.45) is 1.19. The maximum Gasteiger partial charge on any atom is 0.158 e. The highest BCUT2D eigenvalue weighted by molar-refractivity contribution is 5.49. The van der Waals surface area contributed by atoms with Crippen LogP contribution in [0.15, 0.2) is 6.07 Å². The van der Waals surface area contributed by atoms with Crippen molar-refractivity contribution in [1.29, 1.82) is 0 Å². The van der Waals surface area contributed by atoms with E-state index >= 15 is 0 Å². The molecule has 106 valence electrons. The van der Waals surface area contributed by atoms with Crippen LogP contribution in [0.5, 0.6) is 0 Å². The predicted octanol–water partition coefficient (Wildman–Crippen LogP) is 2.66. The Morgan fingerprint density at radius 2 is 2.00 bits per heavy atom. The minimum absolute atomic E-state index is 0.378. The van der Waals surface area contributed by atoms with Crippen LogP contribution in [0, 0.1) is 5.41 Å². The Morgan fingerprint density at radius 3 is 2.58 bits per heavy atom. The number of hydrogen-bond acceptors (Lipinski definition) is 5. The van der Waals surface area contributed by atoms with Gasteiger partial charge in [0.1, 0.15) is 18.2 Å². The molecular weight excluding hydrogens is 240 g/mol. The Morgan fingerprint density at radius 1 is 1.32 bits per heavy atom. The molecule has 1 unspecified atom stereocenters. The van der Waals surface area contributed by atoms with Crippen molar-refractivity contribution in [2.45, 2.75) is 46.8 Å². The van der Waals surface area contributed by atoms with Crippen molar-refractivity contribution in [2.24, 2.45) is 5.41 Å². The van der Waals surface area contributed by atoms with Crippen molar-refractivity contribution in [3.05, 3.63) is 11.9 Å². The molecule has 0 saturated heterocycles. The lowest BCUT2D eigenvalue weighted by atomic mass is 10.2. The monoisotopic (exact) mass is 264 g/mol. The van der Waals surface area contributed by atoms with Crippen molar-refractivity contribution >= 4 is 11.6 Å². The number of hydrogen-bond donors (Lipinski definition) is 2. The zero-order chi connectivity index (χ0) is 13.9. The van der Waals surface area contributed by atoms with Crippen LogP contribution in [-0.4, -0.2) is 29.2 Å². The first-order chi connectivity index (χ1) is 9.05. The van der Waals surface area contributed by atoms with Crippen LogP contribution in [-0.2, 0) is 11.3 Å². The Hall–Kier alpha value is -1.36. The third-order valence-electron chi connectivity index (χ3n) is 3.40. The summed E-state index contributed by atoms with van der Waals surface area (Å²) >= 11 is 0. The molecule has 0 spiro atoms. The fourth-order valence-corrected chi connectivity index (χ4v) is 1.99. The predicted molar refractivity (Wildman–Crippen MR) is 77.3 cm³/mol. The van der Waals surface area contributed by atoms with E-state index in [1.165, 1.54) is 6.42 Å². The molecule has 19 heavy (non-hydrogen) atoms. The fourth-order valence-electron chi connectivity index (χ4n) is 1.99. The van der Waals surface area contributed by atoms with Crippen LogP contribution in [0.1, 0.15) is 39.9 Å². The van der Waals surface area contributed by atoms with Gasteiger partial charge in [-0.1, -0.05) is 13.8 Å². The van der Waals surface area contributed by atoms with E-state index in [9.17, 15) is 0 Å². The summed E-state index contributed by atoms with van der Waals surface area (Å²) < 4.78 is 5.39. The van der Waals surface area contributed by atoms with Crippen LogP contribution < -0.4 is 10.6 Å². The molecule has 1 aromatic heterocycles. The van der Waals surface area contributed by atoms with E-state index in [2.05, 4.69) is 41.4 Å². The Labute approximate surface area is 115 Å². The molecule has 0 amide bonds. The highest BCUT2D eigenvalue weighted by atomic mass is 16.5. The SMILES string of the molecule is CCNc1cc(NC2CC2(C)C)nc(COCC)n1. The molecule has 1 fully saturated rings. The maximum absolute atomic E-state index is 5.39. The van der Waals surface area contributed by atoms with E-state index in [0.717, 1.165) is 24.0 Å². The second-order valence-electron chi connectivity index (χ2n) is 5.61. The molecule has 1 heterocycles.